The Morgan fingerprint density at radius 1 is 1.41 bits per heavy atom. The zero-order valence-corrected chi connectivity index (χ0v) is 10.9. The maximum Gasteiger partial charge on any atom is 0.246 e. The average Bonchev–Trinajstić information content (AvgIpc) is 3.10. The highest BCUT2D eigenvalue weighted by molar-refractivity contribution is 5.95. The second-order valence-electron chi connectivity index (χ2n) is 5.37. The maximum absolute atomic E-state index is 12.3. The molecule has 1 aliphatic carbocycles. The molecule has 17 heavy (non-hydrogen) atoms. The first-order valence-electron chi connectivity index (χ1n) is 6.68. The van der Waals surface area contributed by atoms with Crippen molar-refractivity contribution in [1.82, 2.24) is 10.2 Å². The fourth-order valence-corrected chi connectivity index (χ4v) is 2.65. The first-order valence-corrected chi connectivity index (χ1v) is 6.68. The maximum atomic E-state index is 12.3. The van der Waals surface area contributed by atoms with Crippen LogP contribution in [0.5, 0.6) is 0 Å². The van der Waals surface area contributed by atoms with E-state index in [1.165, 1.54) is 0 Å². The third-order valence-electron chi connectivity index (χ3n) is 4.20. The predicted molar refractivity (Wildman–Crippen MR) is 65.3 cm³/mol. The van der Waals surface area contributed by atoms with Crippen LogP contribution in [0.15, 0.2) is 0 Å². The molecule has 2 aliphatic rings. The molecule has 4 nitrogen and oxygen atoms in total. The van der Waals surface area contributed by atoms with Crippen LogP contribution in [0, 0.1) is 11.8 Å². The van der Waals surface area contributed by atoms with Crippen LogP contribution in [0.1, 0.15) is 40.0 Å². The molecule has 0 spiro atoms. The smallest absolute Gasteiger partial charge is 0.246 e. The average molecular weight is 238 g/mol. The van der Waals surface area contributed by atoms with Crippen molar-refractivity contribution in [2.24, 2.45) is 11.8 Å². The molecule has 96 valence electrons. The topological polar surface area (TPSA) is 49.4 Å². The van der Waals surface area contributed by atoms with Crippen molar-refractivity contribution in [1.29, 1.82) is 0 Å². The summed E-state index contributed by atoms with van der Waals surface area (Å²) in [5, 5.41) is 2.83. The number of carbonyl (C=O) groups excluding carboxylic acids is 2. The molecule has 4 atom stereocenters. The van der Waals surface area contributed by atoms with Crippen LogP contribution >= 0.6 is 0 Å². The van der Waals surface area contributed by atoms with Crippen molar-refractivity contribution in [3.63, 3.8) is 0 Å². The predicted octanol–water partition coefficient (Wildman–Crippen LogP) is 1.16. The summed E-state index contributed by atoms with van der Waals surface area (Å²) in [7, 11) is 0. The third-order valence-corrected chi connectivity index (χ3v) is 4.20. The number of piperazine rings is 1. The van der Waals surface area contributed by atoms with Gasteiger partial charge in [-0.3, -0.25) is 9.59 Å². The molecule has 1 saturated carbocycles. The van der Waals surface area contributed by atoms with Gasteiger partial charge in [-0.15, -0.1) is 0 Å². The van der Waals surface area contributed by atoms with E-state index in [1.54, 1.807) is 0 Å². The van der Waals surface area contributed by atoms with E-state index in [2.05, 4.69) is 19.2 Å². The largest absolute Gasteiger partial charge is 0.342 e. The fourth-order valence-electron chi connectivity index (χ4n) is 2.65. The van der Waals surface area contributed by atoms with Crippen molar-refractivity contribution >= 4 is 11.8 Å². The molecule has 2 amide bonds. The monoisotopic (exact) mass is 238 g/mol. The van der Waals surface area contributed by atoms with E-state index in [0.29, 0.717) is 12.0 Å². The van der Waals surface area contributed by atoms with Crippen LogP contribution in [0.25, 0.3) is 0 Å². The number of nitrogens with zero attached hydrogens (tertiary/aromatic N) is 1. The van der Waals surface area contributed by atoms with Crippen LogP contribution in [0.3, 0.4) is 0 Å². The standard InChI is InChI=1S/C13H22N2O2/c1-4-8(3)12-13(17)15(7-11(16)14-12)10-6-9(10)5-2/h8-10,12H,4-7H2,1-3H3,(H,14,16). The lowest BCUT2D eigenvalue weighted by molar-refractivity contribution is -0.146. The summed E-state index contributed by atoms with van der Waals surface area (Å²) in [6.45, 7) is 6.48. The van der Waals surface area contributed by atoms with Crippen molar-refractivity contribution < 1.29 is 9.59 Å². The van der Waals surface area contributed by atoms with E-state index in [9.17, 15) is 9.59 Å². The lowest BCUT2D eigenvalue weighted by Crippen LogP contribution is -2.60. The minimum Gasteiger partial charge on any atom is -0.342 e. The van der Waals surface area contributed by atoms with E-state index >= 15 is 0 Å². The summed E-state index contributed by atoms with van der Waals surface area (Å²) in [5.74, 6) is 0.951. The van der Waals surface area contributed by atoms with Gasteiger partial charge in [0.1, 0.15) is 6.04 Å². The summed E-state index contributed by atoms with van der Waals surface area (Å²) >= 11 is 0. The summed E-state index contributed by atoms with van der Waals surface area (Å²) in [4.78, 5) is 25.8. The quantitative estimate of drug-likeness (QED) is 0.799. The number of carbonyl (C=O) groups is 2. The Hall–Kier alpha value is -1.06. The van der Waals surface area contributed by atoms with Gasteiger partial charge in [-0.05, 0) is 18.3 Å². The van der Waals surface area contributed by atoms with Gasteiger partial charge < -0.3 is 10.2 Å². The van der Waals surface area contributed by atoms with Crippen molar-refractivity contribution in [3.05, 3.63) is 0 Å². The first-order chi connectivity index (χ1) is 8.08. The minimum absolute atomic E-state index is 0.00310. The van der Waals surface area contributed by atoms with E-state index in [-0.39, 0.29) is 30.3 Å². The lowest BCUT2D eigenvalue weighted by Gasteiger charge is -2.35. The molecule has 4 unspecified atom stereocenters. The van der Waals surface area contributed by atoms with E-state index in [0.717, 1.165) is 19.3 Å². The number of nitrogens with one attached hydrogen (secondary N) is 1. The number of rotatable bonds is 4. The van der Waals surface area contributed by atoms with Crippen LogP contribution < -0.4 is 5.32 Å². The van der Waals surface area contributed by atoms with E-state index < -0.39 is 0 Å². The Kier molecular flexibility index (Phi) is 3.40. The Labute approximate surface area is 103 Å². The molecular weight excluding hydrogens is 216 g/mol. The SMILES string of the molecule is CCC(C)C1NC(=O)CN(C2CC2CC)C1=O. The van der Waals surface area contributed by atoms with Crippen LogP contribution in [-0.4, -0.2) is 35.3 Å². The van der Waals surface area contributed by atoms with Crippen LogP contribution in [-0.2, 0) is 9.59 Å². The number of hydrogen-bond donors (Lipinski definition) is 1. The van der Waals surface area contributed by atoms with E-state index in [4.69, 9.17) is 0 Å². The van der Waals surface area contributed by atoms with Crippen molar-refractivity contribution in [2.75, 3.05) is 6.54 Å². The molecule has 1 heterocycles. The molecule has 1 aliphatic heterocycles. The highest BCUT2D eigenvalue weighted by atomic mass is 16.2. The van der Waals surface area contributed by atoms with Gasteiger partial charge in [0.05, 0.1) is 6.54 Å². The summed E-state index contributed by atoms with van der Waals surface area (Å²) in [6, 6.07) is 0.0180. The molecule has 2 rings (SSSR count). The molecule has 0 aromatic rings. The zero-order valence-electron chi connectivity index (χ0n) is 10.9. The van der Waals surface area contributed by atoms with Gasteiger partial charge in [-0.25, -0.2) is 0 Å². The van der Waals surface area contributed by atoms with E-state index in [1.807, 2.05) is 11.8 Å². The molecule has 2 fully saturated rings. The molecule has 4 heteroatoms. The zero-order chi connectivity index (χ0) is 12.6. The van der Waals surface area contributed by atoms with Crippen LogP contribution in [0.2, 0.25) is 0 Å². The summed E-state index contributed by atoms with van der Waals surface area (Å²) in [5.41, 5.74) is 0. The van der Waals surface area contributed by atoms with Gasteiger partial charge in [0, 0.05) is 6.04 Å². The van der Waals surface area contributed by atoms with Gasteiger partial charge in [-0.2, -0.15) is 0 Å². The minimum atomic E-state index is -0.306. The van der Waals surface area contributed by atoms with Crippen molar-refractivity contribution in [2.45, 2.75) is 52.1 Å². The van der Waals surface area contributed by atoms with Gasteiger partial charge >= 0.3 is 0 Å². The summed E-state index contributed by atoms with van der Waals surface area (Å²) < 4.78 is 0. The third kappa shape index (κ3) is 2.31. The molecule has 0 bridgehead atoms. The van der Waals surface area contributed by atoms with Gasteiger partial charge in [0.15, 0.2) is 0 Å². The summed E-state index contributed by atoms with van der Waals surface area (Å²) in [6.07, 6.45) is 3.08. The molecule has 0 aromatic carbocycles. The number of hydrogen-bond acceptors (Lipinski definition) is 2. The Morgan fingerprint density at radius 3 is 2.65 bits per heavy atom. The lowest BCUT2D eigenvalue weighted by atomic mass is 9.96. The Balaban J connectivity index is 2.07. The molecule has 0 aromatic heterocycles. The number of amides is 2. The highest BCUT2D eigenvalue weighted by Gasteiger charge is 2.47. The fraction of sp³-hybridized carbons (Fsp3) is 0.846. The highest BCUT2D eigenvalue weighted by Crippen LogP contribution is 2.39. The van der Waals surface area contributed by atoms with Crippen molar-refractivity contribution in [3.8, 4) is 0 Å². The second kappa shape index (κ2) is 4.67. The molecule has 1 N–H and O–H groups in total. The molecule has 1 saturated heterocycles. The molecule has 0 radical (unpaired) electrons. The Bertz CT molecular complexity index is 329. The Morgan fingerprint density at radius 2 is 2.12 bits per heavy atom. The van der Waals surface area contributed by atoms with Gasteiger partial charge in [-0.1, -0.05) is 33.6 Å². The van der Waals surface area contributed by atoms with Gasteiger partial charge in [0.2, 0.25) is 11.8 Å². The first kappa shape index (κ1) is 12.4. The second-order valence-corrected chi connectivity index (χ2v) is 5.37. The molecular formula is C13H22N2O2. The normalized spacial score (nSPS) is 34.5. The van der Waals surface area contributed by atoms with Gasteiger partial charge in [0.25, 0.3) is 0 Å². The van der Waals surface area contributed by atoms with Crippen LogP contribution in [0.4, 0.5) is 0 Å².